The van der Waals surface area contributed by atoms with Gasteiger partial charge in [0.05, 0.1) is 19.2 Å². The van der Waals surface area contributed by atoms with Crippen molar-refractivity contribution >= 4 is 17.9 Å². The molecule has 1 aromatic rings. The molecule has 1 atom stereocenters. The van der Waals surface area contributed by atoms with Crippen LogP contribution in [-0.2, 0) is 16.1 Å². The van der Waals surface area contributed by atoms with Gasteiger partial charge >= 0.3 is 12.0 Å². The highest BCUT2D eigenvalue weighted by atomic mass is 16.4. The van der Waals surface area contributed by atoms with E-state index in [9.17, 15) is 14.4 Å². The number of rotatable bonds is 4. The molecule has 1 aromatic heterocycles. The summed E-state index contributed by atoms with van der Waals surface area (Å²) < 4.78 is 5.02. The summed E-state index contributed by atoms with van der Waals surface area (Å²) in [4.78, 5) is 34.6. The van der Waals surface area contributed by atoms with E-state index in [4.69, 9.17) is 9.52 Å². The van der Waals surface area contributed by atoms with Crippen LogP contribution in [0.2, 0.25) is 0 Å². The molecule has 1 aliphatic heterocycles. The Morgan fingerprint density at radius 3 is 2.88 bits per heavy atom. The molecule has 0 radical (unpaired) electrons. The Kier molecular flexibility index (Phi) is 2.82. The Balaban J connectivity index is 2.06. The van der Waals surface area contributed by atoms with Crippen molar-refractivity contribution in [2.75, 3.05) is 0 Å². The zero-order chi connectivity index (χ0) is 12.4. The maximum atomic E-state index is 11.7. The average molecular weight is 238 g/mol. The maximum Gasteiger partial charge on any atom is 0.325 e. The van der Waals surface area contributed by atoms with E-state index in [1.807, 2.05) is 0 Å². The lowest BCUT2D eigenvalue weighted by Gasteiger charge is -2.10. The summed E-state index contributed by atoms with van der Waals surface area (Å²) in [5.41, 5.74) is 0. The van der Waals surface area contributed by atoms with Gasteiger partial charge in [-0.2, -0.15) is 0 Å². The van der Waals surface area contributed by atoms with Crippen LogP contribution in [-0.4, -0.2) is 34.0 Å². The molecule has 1 aliphatic rings. The molecule has 1 fully saturated rings. The predicted octanol–water partition coefficient (Wildman–Crippen LogP) is 0.175. The quantitative estimate of drug-likeness (QED) is 0.728. The fourth-order valence-electron chi connectivity index (χ4n) is 1.60. The standard InChI is InChI=1S/C10H10N2O5/c13-8(14)4-7-9(15)12(10(16)11-7)5-6-2-1-3-17-6/h1-3,7H,4-5H2,(H,11,16)(H,13,14)/t7-/m0/s1. The zero-order valence-corrected chi connectivity index (χ0v) is 8.75. The van der Waals surface area contributed by atoms with Crippen molar-refractivity contribution in [1.82, 2.24) is 10.2 Å². The van der Waals surface area contributed by atoms with E-state index >= 15 is 0 Å². The third kappa shape index (κ3) is 2.27. The number of nitrogens with one attached hydrogen (secondary N) is 1. The Morgan fingerprint density at radius 1 is 1.53 bits per heavy atom. The summed E-state index contributed by atoms with van der Waals surface area (Å²) in [6.07, 6.45) is 1.02. The van der Waals surface area contributed by atoms with Crippen LogP contribution in [0, 0.1) is 0 Å². The minimum atomic E-state index is -1.14. The van der Waals surface area contributed by atoms with Crippen molar-refractivity contribution in [2.24, 2.45) is 0 Å². The van der Waals surface area contributed by atoms with E-state index in [1.54, 1.807) is 12.1 Å². The number of nitrogens with zero attached hydrogens (tertiary/aromatic N) is 1. The van der Waals surface area contributed by atoms with Gasteiger partial charge < -0.3 is 14.8 Å². The molecule has 90 valence electrons. The summed E-state index contributed by atoms with van der Waals surface area (Å²) in [7, 11) is 0. The van der Waals surface area contributed by atoms with Gasteiger partial charge in [0, 0.05) is 0 Å². The molecule has 0 spiro atoms. The number of urea groups is 1. The molecule has 0 saturated carbocycles. The van der Waals surface area contributed by atoms with Gasteiger partial charge in [-0.1, -0.05) is 0 Å². The lowest BCUT2D eigenvalue weighted by atomic mass is 10.2. The van der Waals surface area contributed by atoms with Crippen molar-refractivity contribution < 1.29 is 23.9 Å². The summed E-state index contributed by atoms with van der Waals surface area (Å²) in [6.45, 7) is 0.00772. The normalized spacial score (nSPS) is 19.5. The molecule has 7 heteroatoms. The number of carbonyl (C=O) groups is 3. The largest absolute Gasteiger partial charge is 0.481 e. The van der Waals surface area contributed by atoms with Crippen molar-refractivity contribution in [3.63, 3.8) is 0 Å². The van der Waals surface area contributed by atoms with E-state index in [2.05, 4.69) is 5.32 Å². The predicted molar refractivity (Wildman–Crippen MR) is 53.8 cm³/mol. The number of imide groups is 1. The SMILES string of the molecule is O=C(O)C[C@@H]1NC(=O)N(Cc2ccco2)C1=O. The zero-order valence-electron chi connectivity index (χ0n) is 8.75. The number of carbonyl (C=O) groups excluding carboxylic acids is 2. The monoisotopic (exact) mass is 238 g/mol. The number of aliphatic carboxylic acids is 1. The third-order valence-electron chi connectivity index (χ3n) is 2.38. The maximum absolute atomic E-state index is 11.7. The second-order valence-electron chi connectivity index (χ2n) is 3.60. The first-order valence-corrected chi connectivity index (χ1v) is 4.94. The first-order chi connectivity index (χ1) is 8.08. The highest BCUT2D eigenvalue weighted by molar-refractivity contribution is 6.05. The van der Waals surface area contributed by atoms with Gasteiger partial charge in [0.1, 0.15) is 11.8 Å². The molecular formula is C10H10N2O5. The fraction of sp³-hybridized carbons (Fsp3) is 0.300. The molecule has 0 aliphatic carbocycles. The van der Waals surface area contributed by atoms with Gasteiger partial charge in [-0.3, -0.25) is 14.5 Å². The third-order valence-corrected chi connectivity index (χ3v) is 2.38. The molecule has 0 unspecified atom stereocenters. The van der Waals surface area contributed by atoms with Gasteiger partial charge in [-0.15, -0.1) is 0 Å². The Labute approximate surface area is 96.0 Å². The van der Waals surface area contributed by atoms with E-state index in [-0.39, 0.29) is 6.54 Å². The van der Waals surface area contributed by atoms with Gasteiger partial charge in [0.15, 0.2) is 0 Å². The van der Waals surface area contributed by atoms with E-state index < -0.39 is 30.4 Å². The first kappa shape index (κ1) is 11.2. The molecule has 2 N–H and O–H groups in total. The number of carboxylic acid groups (broad SMARTS) is 1. The minimum Gasteiger partial charge on any atom is -0.481 e. The summed E-state index contributed by atoms with van der Waals surface area (Å²) in [5.74, 6) is -1.22. The van der Waals surface area contributed by atoms with Gasteiger partial charge in [-0.05, 0) is 12.1 Å². The number of hydrogen-bond donors (Lipinski definition) is 2. The van der Waals surface area contributed by atoms with Crippen molar-refractivity contribution in [3.05, 3.63) is 24.2 Å². The van der Waals surface area contributed by atoms with Gasteiger partial charge in [0.25, 0.3) is 5.91 Å². The second kappa shape index (κ2) is 4.28. The van der Waals surface area contributed by atoms with E-state index in [1.165, 1.54) is 6.26 Å². The summed E-state index contributed by atoms with van der Waals surface area (Å²) >= 11 is 0. The Morgan fingerprint density at radius 2 is 2.29 bits per heavy atom. The van der Waals surface area contributed by atoms with E-state index in [0.29, 0.717) is 5.76 Å². The van der Waals surface area contributed by atoms with Crippen LogP contribution in [0.25, 0.3) is 0 Å². The molecule has 0 aromatic carbocycles. The molecular weight excluding hydrogens is 228 g/mol. The van der Waals surface area contributed by atoms with Gasteiger partial charge in [-0.25, -0.2) is 4.79 Å². The highest BCUT2D eigenvalue weighted by Gasteiger charge is 2.39. The van der Waals surface area contributed by atoms with Crippen LogP contribution in [0.4, 0.5) is 4.79 Å². The molecule has 17 heavy (non-hydrogen) atoms. The lowest BCUT2D eigenvalue weighted by molar-refractivity contribution is -0.140. The Bertz CT molecular complexity index is 453. The van der Waals surface area contributed by atoms with Crippen LogP contribution >= 0.6 is 0 Å². The lowest BCUT2D eigenvalue weighted by Crippen LogP contribution is -2.32. The first-order valence-electron chi connectivity index (χ1n) is 4.94. The van der Waals surface area contributed by atoms with Crippen molar-refractivity contribution in [3.8, 4) is 0 Å². The van der Waals surface area contributed by atoms with Gasteiger partial charge in [0.2, 0.25) is 0 Å². The Hall–Kier alpha value is -2.31. The minimum absolute atomic E-state index is 0.00772. The molecule has 3 amide bonds. The number of furan rings is 1. The van der Waals surface area contributed by atoms with Crippen LogP contribution < -0.4 is 5.32 Å². The smallest absolute Gasteiger partial charge is 0.325 e. The highest BCUT2D eigenvalue weighted by Crippen LogP contribution is 2.14. The van der Waals surface area contributed by atoms with Crippen LogP contribution in [0.3, 0.4) is 0 Å². The van der Waals surface area contributed by atoms with Crippen LogP contribution in [0.1, 0.15) is 12.2 Å². The number of amides is 3. The van der Waals surface area contributed by atoms with Crippen molar-refractivity contribution in [2.45, 2.75) is 19.0 Å². The molecule has 2 rings (SSSR count). The summed E-state index contributed by atoms with van der Waals surface area (Å²) in [5, 5.41) is 10.9. The molecule has 1 saturated heterocycles. The topological polar surface area (TPSA) is 99.8 Å². The van der Waals surface area contributed by atoms with Crippen molar-refractivity contribution in [1.29, 1.82) is 0 Å². The average Bonchev–Trinajstić information content (AvgIpc) is 2.83. The van der Waals surface area contributed by atoms with Crippen LogP contribution in [0.5, 0.6) is 0 Å². The summed E-state index contributed by atoms with van der Waals surface area (Å²) in [6, 6.07) is 1.68. The number of carboxylic acids is 1. The van der Waals surface area contributed by atoms with E-state index in [0.717, 1.165) is 4.90 Å². The molecule has 7 nitrogen and oxygen atoms in total. The van der Waals surface area contributed by atoms with Crippen LogP contribution in [0.15, 0.2) is 22.8 Å². The number of hydrogen-bond acceptors (Lipinski definition) is 4. The molecule has 2 heterocycles. The molecule has 0 bridgehead atoms. The fourth-order valence-corrected chi connectivity index (χ4v) is 1.60. The second-order valence-corrected chi connectivity index (χ2v) is 3.60.